The molecule has 0 fully saturated rings. The first kappa shape index (κ1) is 14.0. The third-order valence-electron chi connectivity index (χ3n) is 2.18. The number of aryl methyl sites for hydroxylation is 1. The number of rotatable bonds is 6. The van der Waals surface area contributed by atoms with Gasteiger partial charge in [-0.2, -0.15) is 0 Å². The number of aromatic nitrogens is 2. The van der Waals surface area contributed by atoms with E-state index in [1.54, 1.807) is 6.92 Å². The second-order valence-electron chi connectivity index (χ2n) is 3.66. The minimum atomic E-state index is -1.08. The van der Waals surface area contributed by atoms with Gasteiger partial charge in [0.05, 0.1) is 18.5 Å². The minimum Gasteiger partial charge on any atom is -0.480 e. The highest BCUT2D eigenvalue weighted by molar-refractivity contribution is 5.93. The van der Waals surface area contributed by atoms with Gasteiger partial charge in [-0.15, -0.1) is 0 Å². The molecule has 7 nitrogen and oxygen atoms in total. The van der Waals surface area contributed by atoms with Crippen LogP contribution in [0, 0.1) is 6.92 Å². The monoisotopic (exact) mass is 253 g/mol. The predicted octanol–water partition coefficient (Wildman–Crippen LogP) is -0.0418. The molecule has 0 saturated carbocycles. The van der Waals surface area contributed by atoms with Crippen LogP contribution in [0.2, 0.25) is 0 Å². The molecule has 0 saturated heterocycles. The van der Waals surface area contributed by atoms with Gasteiger partial charge in [0, 0.05) is 19.9 Å². The van der Waals surface area contributed by atoms with Crippen molar-refractivity contribution in [2.24, 2.45) is 0 Å². The number of carboxylic acids is 1. The Morgan fingerprint density at radius 2 is 2.11 bits per heavy atom. The zero-order valence-electron chi connectivity index (χ0n) is 10.3. The standard InChI is InChI=1S/C11H15N3O4/c1-8-5-13-9(6-12-8)11(17)14(3-4-18-2)7-10(15)16/h5-6H,3-4,7H2,1-2H3,(H,15,16). The fourth-order valence-electron chi connectivity index (χ4n) is 1.28. The summed E-state index contributed by atoms with van der Waals surface area (Å²) in [5, 5.41) is 8.75. The van der Waals surface area contributed by atoms with E-state index >= 15 is 0 Å². The maximum absolute atomic E-state index is 12.0. The molecule has 18 heavy (non-hydrogen) atoms. The Labute approximate surface area is 104 Å². The van der Waals surface area contributed by atoms with Crippen molar-refractivity contribution < 1.29 is 19.4 Å². The van der Waals surface area contributed by atoms with Crippen molar-refractivity contribution in [1.29, 1.82) is 0 Å². The zero-order chi connectivity index (χ0) is 13.5. The summed E-state index contributed by atoms with van der Waals surface area (Å²) in [4.78, 5) is 31.7. The zero-order valence-corrected chi connectivity index (χ0v) is 10.3. The number of carbonyl (C=O) groups excluding carboxylic acids is 1. The van der Waals surface area contributed by atoms with E-state index in [0.29, 0.717) is 5.69 Å². The molecule has 0 aliphatic rings. The van der Waals surface area contributed by atoms with Gasteiger partial charge in [-0.25, -0.2) is 4.98 Å². The number of carbonyl (C=O) groups is 2. The Hall–Kier alpha value is -2.02. The second kappa shape index (κ2) is 6.65. The molecule has 98 valence electrons. The van der Waals surface area contributed by atoms with Gasteiger partial charge in [0.25, 0.3) is 5.91 Å². The van der Waals surface area contributed by atoms with E-state index in [4.69, 9.17) is 9.84 Å². The van der Waals surface area contributed by atoms with Crippen LogP contribution in [0.5, 0.6) is 0 Å². The second-order valence-corrected chi connectivity index (χ2v) is 3.66. The van der Waals surface area contributed by atoms with Crippen LogP contribution in [0.1, 0.15) is 16.2 Å². The summed E-state index contributed by atoms with van der Waals surface area (Å²) < 4.78 is 4.84. The van der Waals surface area contributed by atoms with Gasteiger partial charge in [0.1, 0.15) is 12.2 Å². The molecule has 7 heteroatoms. The molecule has 0 atom stereocenters. The summed E-state index contributed by atoms with van der Waals surface area (Å²) in [7, 11) is 1.48. The maximum Gasteiger partial charge on any atom is 0.323 e. The van der Waals surface area contributed by atoms with E-state index in [0.717, 1.165) is 4.90 Å². The third-order valence-corrected chi connectivity index (χ3v) is 2.18. The van der Waals surface area contributed by atoms with Crippen molar-refractivity contribution in [3.63, 3.8) is 0 Å². The molecule has 0 radical (unpaired) electrons. The third kappa shape index (κ3) is 4.10. The molecule has 0 unspecified atom stereocenters. The van der Waals surface area contributed by atoms with E-state index in [-0.39, 0.29) is 18.8 Å². The van der Waals surface area contributed by atoms with Crippen molar-refractivity contribution in [1.82, 2.24) is 14.9 Å². The van der Waals surface area contributed by atoms with Gasteiger partial charge in [0.15, 0.2) is 0 Å². The number of carboxylic acid groups (broad SMARTS) is 1. The van der Waals surface area contributed by atoms with E-state index in [9.17, 15) is 9.59 Å². The maximum atomic E-state index is 12.0. The van der Waals surface area contributed by atoms with E-state index in [1.165, 1.54) is 19.5 Å². The first-order valence-corrected chi connectivity index (χ1v) is 5.33. The molecule has 0 aliphatic carbocycles. The molecule has 1 heterocycles. The lowest BCUT2D eigenvalue weighted by Gasteiger charge is -2.19. The summed E-state index contributed by atoms with van der Waals surface area (Å²) in [5.41, 5.74) is 0.811. The fourth-order valence-corrected chi connectivity index (χ4v) is 1.28. The summed E-state index contributed by atoms with van der Waals surface area (Å²) in [6.07, 6.45) is 2.79. The summed E-state index contributed by atoms with van der Waals surface area (Å²) in [6.45, 7) is 1.81. The quantitative estimate of drug-likeness (QED) is 0.764. The largest absolute Gasteiger partial charge is 0.480 e. The van der Waals surface area contributed by atoms with Crippen molar-refractivity contribution >= 4 is 11.9 Å². The highest BCUT2D eigenvalue weighted by atomic mass is 16.5. The Morgan fingerprint density at radius 1 is 1.39 bits per heavy atom. The Morgan fingerprint density at radius 3 is 2.61 bits per heavy atom. The molecular formula is C11H15N3O4. The number of hydrogen-bond acceptors (Lipinski definition) is 5. The van der Waals surface area contributed by atoms with E-state index < -0.39 is 18.4 Å². The minimum absolute atomic E-state index is 0.123. The molecule has 1 aromatic rings. The van der Waals surface area contributed by atoms with Gasteiger partial charge < -0.3 is 14.7 Å². The van der Waals surface area contributed by atoms with Crippen molar-refractivity contribution in [3.05, 3.63) is 23.8 Å². The first-order valence-electron chi connectivity index (χ1n) is 5.33. The number of nitrogens with zero attached hydrogens (tertiary/aromatic N) is 3. The van der Waals surface area contributed by atoms with E-state index in [1.807, 2.05) is 0 Å². The normalized spacial score (nSPS) is 10.1. The Balaban J connectivity index is 2.80. The summed E-state index contributed by atoms with van der Waals surface area (Å²) >= 11 is 0. The lowest BCUT2D eigenvalue weighted by atomic mass is 10.3. The number of amides is 1. The van der Waals surface area contributed by atoms with Crippen molar-refractivity contribution in [2.45, 2.75) is 6.92 Å². The van der Waals surface area contributed by atoms with Gasteiger partial charge >= 0.3 is 5.97 Å². The summed E-state index contributed by atoms with van der Waals surface area (Å²) in [6, 6.07) is 0. The van der Waals surface area contributed by atoms with Crippen molar-refractivity contribution in [2.75, 3.05) is 26.8 Å². The van der Waals surface area contributed by atoms with Crippen LogP contribution in [0.25, 0.3) is 0 Å². The van der Waals surface area contributed by atoms with Crippen LogP contribution in [0.4, 0.5) is 0 Å². The van der Waals surface area contributed by atoms with Crippen LogP contribution >= 0.6 is 0 Å². The summed E-state index contributed by atoms with van der Waals surface area (Å²) in [5.74, 6) is -1.55. The molecule has 0 spiro atoms. The smallest absolute Gasteiger partial charge is 0.323 e. The van der Waals surface area contributed by atoms with Crippen LogP contribution in [0.15, 0.2) is 12.4 Å². The first-order chi connectivity index (χ1) is 8.54. The average Bonchev–Trinajstić information content (AvgIpc) is 2.34. The van der Waals surface area contributed by atoms with Crippen LogP contribution in [0.3, 0.4) is 0 Å². The number of hydrogen-bond donors (Lipinski definition) is 1. The molecule has 1 aromatic heterocycles. The highest BCUT2D eigenvalue weighted by Gasteiger charge is 2.19. The average molecular weight is 253 g/mol. The van der Waals surface area contributed by atoms with Gasteiger partial charge in [0.2, 0.25) is 0 Å². The van der Waals surface area contributed by atoms with Gasteiger partial charge in [-0.3, -0.25) is 14.6 Å². The number of ether oxygens (including phenoxy) is 1. The highest BCUT2D eigenvalue weighted by Crippen LogP contribution is 2.01. The molecule has 0 aromatic carbocycles. The number of aliphatic carboxylic acids is 1. The fraction of sp³-hybridized carbons (Fsp3) is 0.455. The van der Waals surface area contributed by atoms with Gasteiger partial charge in [-0.05, 0) is 6.92 Å². The molecule has 1 rings (SSSR count). The predicted molar refractivity (Wildman–Crippen MR) is 62.2 cm³/mol. The van der Waals surface area contributed by atoms with Crippen LogP contribution in [-0.2, 0) is 9.53 Å². The lowest BCUT2D eigenvalue weighted by molar-refractivity contribution is -0.137. The van der Waals surface area contributed by atoms with Crippen molar-refractivity contribution in [3.8, 4) is 0 Å². The Kier molecular flexibility index (Phi) is 5.19. The topological polar surface area (TPSA) is 92.6 Å². The van der Waals surface area contributed by atoms with E-state index in [2.05, 4.69) is 9.97 Å². The molecule has 1 amide bonds. The molecule has 1 N–H and O–H groups in total. The Bertz CT molecular complexity index is 419. The number of methoxy groups -OCH3 is 1. The van der Waals surface area contributed by atoms with Gasteiger partial charge in [-0.1, -0.05) is 0 Å². The van der Waals surface area contributed by atoms with Crippen LogP contribution in [-0.4, -0.2) is 58.7 Å². The van der Waals surface area contributed by atoms with Crippen LogP contribution < -0.4 is 0 Å². The molecule has 0 bridgehead atoms. The lowest BCUT2D eigenvalue weighted by Crippen LogP contribution is -2.38. The molecular weight excluding hydrogens is 238 g/mol. The SMILES string of the molecule is COCCN(CC(=O)O)C(=O)c1cnc(C)cn1. The molecule has 0 aliphatic heterocycles.